The van der Waals surface area contributed by atoms with Crippen LogP contribution in [0.15, 0.2) is 23.3 Å². The maximum Gasteiger partial charge on any atom is 0.204 e. The second-order valence-electron chi connectivity index (χ2n) is 4.31. The smallest absolute Gasteiger partial charge is 0.204 e. The Labute approximate surface area is 98.9 Å². The summed E-state index contributed by atoms with van der Waals surface area (Å²) in [5.41, 5.74) is 1.25. The van der Waals surface area contributed by atoms with Crippen LogP contribution in [0.3, 0.4) is 0 Å². The van der Waals surface area contributed by atoms with Crippen LogP contribution in [0.4, 0.5) is 0 Å². The Morgan fingerprint density at radius 2 is 2.44 bits per heavy atom. The van der Waals surface area contributed by atoms with Gasteiger partial charge < -0.3 is 4.74 Å². The first-order chi connectivity index (χ1) is 7.86. The van der Waals surface area contributed by atoms with Crippen molar-refractivity contribution in [3.05, 3.63) is 33.7 Å². The monoisotopic (exact) mass is 234 g/mol. The van der Waals surface area contributed by atoms with Crippen molar-refractivity contribution in [1.29, 1.82) is 0 Å². The Morgan fingerprint density at radius 1 is 1.50 bits per heavy atom. The van der Waals surface area contributed by atoms with Gasteiger partial charge in [0.15, 0.2) is 5.76 Å². The van der Waals surface area contributed by atoms with Gasteiger partial charge >= 0.3 is 0 Å². The molecule has 0 bridgehead atoms. The molecule has 0 saturated heterocycles. The van der Waals surface area contributed by atoms with E-state index in [2.05, 4.69) is 11.4 Å². The van der Waals surface area contributed by atoms with E-state index < -0.39 is 0 Å². The second-order valence-corrected chi connectivity index (χ2v) is 5.31. The first kappa shape index (κ1) is 10.1. The summed E-state index contributed by atoms with van der Waals surface area (Å²) in [5.74, 6) is 0.847. The molecule has 2 nitrogen and oxygen atoms in total. The standard InChI is InChI=1S/C13H14O2S/c14-13(11-4-2-7-15-11)10-3-1-5-12-9(10)6-8-16-12/h4,6,8,10H,1-3,5,7H2. The molecular formula is C13H14O2S. The van der Waals surface area contributed by atoms with Gasteiger partial charge in [0.05, 0.1) is 12.5 Å². The van der Waals surface area contributed by atoms with Gasteiger partial charge in [-0.15, -0.1) is 11.3 Å². The van der Waals surface area contributed by atoms with E-state index in [-0.39, 0.29) is 11.7 Å². The fourth-order valence-corrected chi connectivity index (χ4v) is 3.51. The van der Waals surface area contributed by atoms with Crippen LogP contribution in [0, 0.1) is 0 Å². The SMILES string of the molecule is O=C(C1=CCCO1)C1CCCc2sccc21. The molecule has 84 valence electrons. The topological polar surface area (TPSA) is 26.3 Å². The zero-order chi connectivity index (χ0) is 11.0. The van der Waals surface area contributed by atoms with Crippen molar-refractivity contribution >= 4 is 17.1 Å². The number of thiophene rings is 1. The van der Waals surface area contributed by atoms with E-state index in [0.29, 0.717) is 12.4 Å². The lowest BCUT2D eigenvalue weighted by Gasteiger charge is -2.21. The molecule has 0 N–H and O–H groups in total. The van der Waals surface area contributed by atoms with E-state index >= 15 is 0 Å². The molecule has 3 heteroatoms. The fraction of sp³-hybridized carbons (Fsp3) is 0.462. The van der Waals surface area contributed by atoms with Crippen molar-refractivity contribution in [2.45, 2.75) is 31.6 Å². The highest BCUT2D eigenvalue weighted by Gasteiger charge is 2.30. The fourth-order valence-electron chi connectivity index (χ4n) is 2.52. The van der Waals surface area contributed by atoms with Crippen LogP contribution in [0.2, 0.25) is 0 Å². The van der Waals surface area contributed by atoms with Crippen molar-refractivity contribution in [2.24, 2.45) is 0 Å². The van der Waals surface area contributed by atoms with Crippen molar-refractivity contribution in [1.82, 2.24) is 0 Å². The van der Waals surface area contributed by atoms with Crippen molar-refractivity contribution in [2.75, 3.05) is 6.61 Å². The van der Waals surface area contributed by atoms with Gasteiger partial charge in [-0.25, -0.2) is 0 Å². The van der Waals surface area contributed by atoms with Crippen LogP contribution < -0.4 is 0 Å². The first-order valence-electron chi connectivity index (χ1n) is 5.79. The summed E-state index contributed by atoms with van der Waals surface area (Å²) >= 11 is 1.78. The van der Waals surface area contributed by atoms with E-state index in [9.17, 15) is 4.79 Å². The molecule has 16 heavy (non-hydrogen) atoms. The average molecular weight is 234 g/mol. The average Bonchev–Trinajstić information content (AvgIpc) is 2.98. The summed E-state index contributed by atoms with van der Waals surface area (Å²) in [6.45, 7) is 0.671. The lowest BCUT2D eigenvalue weighted by molar-refractivity contribution is -0.120. The number of fused-ring (bicyclic) bond motifs is 1. The largest absolute Gasteiger partial charge is 0.490 e. The molecule has 0 fully saturated rings. The number of rotatable bonds is 2. The number of aryl methyl sites for hydroxylation is 1. The number of carbonyl (C=O) groups is 1. The highest BCUT2D eigenvalue weighted by molar-refractivity contribution is 7.10. The molecular weight excluding hydrogens is 220 g/mol. The van der Waals surface area contributed by atoms with Crippen molar-refractivity contribution in [3.8, 4) is 0 Å². The molecule has 0 amide bonds. The number of hydrogen-bond acceptors (Lipinski definition) is 3. The Kier molecular flexibility index (Phi) is 2.56. The molecule has 1 aliphatic heterocycles. The van der Waals surface area contributed by atoms with Crippen LogP contribution in [0.25, 0.3) is 0 Å². The number of Topliss-reactive ketones (excluding diaryl/α,β-unsaturated/α-hetero) is 1. The lowest BCUT2D eigenvalue weighted by atomic mass is 9.84. The number of ketones is 1. The predicted octanol–water partition coefficient (Wildman–Crippen LogP) is 3.04. The molecule has 0 spiro atoms. The Hall–Kier alpha value is -1.09. The van der Waals surface area contributed by atoms with Crippen molar-refractivity contribution < 1.29 is 9.53 Å². The quantitative estimate of drug-likeness (QED) is 0.786. The highest BCUT2D eigenvalue weighted by atomic mass is 32.1. The Balaban J connectivity index is 1.89. The molecule has 1 atom stereocenters. The van der Waals surface area contributed by atoms with Gasteiger partial charge in [-0.05, 0) is 42.3 Å². The van der Waals surface area contributed by atoms with Gasteiger partial charge in [0, 0.05) is 11.3 Å². The third kappa shape index (κ3) is 1.59. The van der Waals surface area contributed by atoms with Crippen LogP contribution in [0.1, 0.15) is 35.6 Å². The van der Waals surface area contributed by atoms with Gasteiger partial charge in [-0.2, -0.15) is 0 Å². The minimum Gasteiger partial charge on any atom is -0.490 e. The summed E-state index contributed by atoms with van der Waals surface area (Å²) in [6, 6.07) is 2.11. The number of allylic oxidation sites excluding steroid dienone is 1. The molecule has 1 unspecified atom stereocenters. The lowest BCUT2D eigenvalue weighted by Crippen LogP contribution is -2.19. The molecule has 0 saturated carbocycles. The van der Waals surface area contributed by atoms with E-state index in [1.807, 2.05) is 6.08 Å². The predicted molar refractivity (Wildman–Crippen MR) is 63.7 cm³/mol. The summed E-state index contributed by atoms with van der Waals surface area (Å²) < 4.78 is 5.37. The van der Waals surface area contributed by atoms with Gasteiger partial charge in [-0.3, -0.25) is 4.79 Å². The third-order valence-corrected chi connectivity index (χ3v) is 4.31. The normalized spacial score (nSPS) is 23.5. The van der Waals surface area contributed by atoms with Crippen LogP contribution in [-0.2, 0) is 16.0 Å². The molecule has 0 aromatic carbocycles. The van der Waals surface area contributed by atoms with Gasteiger partial charge in [0.1, 0.15) is 0 Å². The minimum atomic E-state index is 0.0550. The summed E-state index contributed by atoms with van der Waals surface area (Å²) in [4.78, 5) is 13.7. The summed E-state index contributed by atoms with van der Waals surface area (Å²) in [6.07, 6.45) is 6.05. The zero-order valence-corrected chi connectivity index (χ0v) is 9.89. The van der Waals surface area contributed by atoms with Crippen molar-refractivity contribution in [3.63, 3.8) is 0 Å². The first-order valence-corrected chi connectivity index (χ1v) is 6.67. The van der Waals surface area contributed by atoms with Crippen LogP contribution in [0.5, 0.6) is 0 Å². The molecule has 0 radical (unpaired) electrons. The molecule has 1 aliphatic carbocycles. The molecule has 1 aromatic heterocycles. The molecule has 2 heterocycles. The Bertz CT molecular complexity index is 445. The van der Waals surface area contributed by atoms with Gasteiger partial charge in [0.2, 0.25) is 5.78 Å². The summed E-state index contributed by atoms with van der Waals surface area (Å²) in [5, 5.41) is 2.10. The number of hydrogen-bond donors (Lipinski definition) is 0. The third-order valence-electron chi connectivity index (χ3n) is 3.32. The van der Waals surface area contributed by atoms with E-state index in [1.54, 1.807) is 11.3 Å². The van der Waals surface area contributed by atoms with E-state index in [1.165, 1.54) is 10.4 Å². The maximum absolute atomic E-state index is 12.3. The summed E-state index contributed by atoms with van der Waals surface area (Å²) in [7, 11) is 0. The molecule has 2 aliphatic rings. The van der Waals surface area contributed by atoms with Gasteiger partial charge in [0.25, 0.3) is 0 Å². The second kappa shape index (κ2) is 4.06. The molecule has 3 rings (SSSR count). The van der Waals surface area contributed by atoms with Crippen LogP contribution >= 0.6 is 11.3 Å². The van der Waals surface area contributed by atoms with Crippen LogP contribution in [-0.4, -0.2) is 12.4 Å². The minimum absolute atomic E-state index is 0.0550. The van der Waals surface area contributed by atoms with E-state index in [4.69, 9.17) is 4.74 Å². The maximum atomic E-state index is 12.3. The zero-order valence-electron chi connectivity index (χ0n) is 9.07. The van der Waals surface area contributed by atoms with Gasteiger partial charge in [-0.1, -0.05) is 0 Å². The van der Waals surface area contributed by atoms with E-state index in [0.717, 1.165) is 25.7 Å². The number of carbonyl (C=O) groups excluding carboxylic acids is 1. The Morgan fingerprint density at radius 3 is 3.25 bits per heavy atom. The highest BCUT2D eigenvalue weighted by Crippen LogP contribution is 2.37. The number of ether oxygens (including phenoxy) is 1. The molecule has 1 aromatic rings.